The van der Waals surface area contributed by atoms with E-state index >= 15 is 0 Å². The quantitative estimate of drug-likeness (QED) is 0.831. The summed E-state index contributed by atoms with van der Waals surface area (Å²) in [7, 11) is 0. The Morgan fingerprint density at radius 3 is 2.93 bits per heavy atom. The van der Waals surface area contributed by atoms with Gasteiger partial charge in [0.15, 0.2) is 9.49 Å². The summed E-state index contributed by atoms with van der Waals surface area (Å²) in [6.07, 6.45) is 0. The smallest absolute Gasteiger partial charge is 0.316 e. The molecule has 1 atom stereocenters. The van der Waals surface area contributed by atoms with Crippen LogP contribution in [0.3, 0.4) is 0 Å². The molecule has 0 saturated carbocycles. The number of carboxylic acid groups (broad SMARTS) is 1. The molecule has 0 spiro atoms. The van der Waals surface area contributed by atoms with Gasteiger partial charge in [0.2, 0.25) is 0 Å². The van der Waals surface area contributed by atoms with E-state index in [1.54, 1.807) is 6.92 Å². The normalized spacial score (nSPS) is 12.1. The number of halogens is 1. The molecule has 0 fully saturated rings. The second kappa shape index (κ2) is 4.64. The standard InChI is InChI=1S/C7H5ClN2O2S2/c1-3(6(11)12)13-7-10-5(8)4(2-9)14-7/h3H,1H3,(H,11,12). The minimum atomic E-state index is -0.917. The Hall–Kier alpha value is -0.770. The predicted octanol–water partition coefficient (Wildman–Crippen LogP) is 2.23. The van der Waals surface area contributed by atoms with Crippen LogP contribution in [-0.2, 0) is 4.79 Å². The van der Waals surface area contributed by atoms with Crippen molar-refractivity contribution in [2.75, 3.05) is 0 Å². The van der Waals surface area contributed by atoms with Gasteiger partial charge in [0.1, 0.15) is 16.2 Å². The molecule has 0 aliphatic rings. The van der Waals surface area contributed by atoms with Crippen molar-refractivity contribution in [3.05, 3.63) is 10.0 Å². The van der Waals surface area contributed by atoms with Gasteiger partial charge < -0.3 is 5.11 Å². The molecule has 1 N–H and O–H groups in total. The zero-order valence-electron chi connectivity index (χ0n) is 7.02. The van der Waals surface area contributed by atoms with Gasteiger partial charge in [-0.2, -0.15) is 5.26 Å². The highest BCUT2D eigenvalue weighted by Gasteiger charge is 2.16. The Labute approximate surface area is 93.5 Å². The van der Waals surface area contributed by atoms with Crippen LogP contribution in [0.2, 0.25) is 5.15 Å². The lowest BCUT2D eigenvalue weighted by atomic mass is 10.5. The lowest BCUT2D eigenvalue weighted by Gasteiger charge is -2.00. The maximum absolute atomic E-state index is 10.5. The van der Waals surface area contributed by atoms with E-state index in [0.717, 1.165) is 23.1 Å². The summed E-state index contributed by atoms with van der Waals surface area (Å²) in [6.45, 7) is 1.55. The van der Waals surface area contributed by atoms with Gasteiger partial charge in [-0.3, -0.25) is 4.79 Å². The van der Waals surface area contributed by atoms with Gasteiger partial charge in [0.25, 0.3) is 0 Å². The van der Waals surface area contributed by atoms with E-state index in [-0.39, 0.29) is 5.15 Å². The monoisotopic (exact) mass is 248 g/mol. The van der Waals surface area contributed by atoms with Crippen LogP contribution in [0.5, 0.6) is 0 Å². The van der Waals surface area contributed by atoms with Crippen LogP contribution in [0.25, 0.3) is 0 Å². The van der Waals surface area contributed by atoms with Crippen molar-refractivity contribution in [2.45, 2.75) is 16.5 Å². The molecule has 0 aromatic carbocycles. The van der Waals surface area contributed by atoms with E-state index in [1.165, 1.54) is 0 Å². The fourth-order valence-electron chi connectivity index (χ4n) is 0.604. The summed E-state index contributed by atoms with van der Waals surface area (Å²) >= 11 is 7.80. The second-order valence-corrected chi connectivity index (χ2v) is 5.25. The highest BCUT2D eigenvalue weighted by molar-refractivity contribution is 8.02. The lowest BCUT2D eigenvalue weighted by Crippen LogP contribution is -2.10. The summed E-state index contributed by atoms with van der Waals surface area (Å²) in [5, 5.41) is 16.8. The van der Waals surface area contributed by atoms with Gasteiger partial charge in [-0.1, -0.05) is 34.7 Å². The van der Waals surface area contributed by atoms with Crippen LogP contribution in [0, 0.1) is 11.3 Å². The summed E-state index contributed by atoms with van der Waals surface area (Å²) in [6, 6.07) is 1.88. The van der Waals surface area contributed by atoms with Crippen molar-refractivity contribution < 1.29 is 9.90 Å². The lowest BCUT2D eigenvalue weighted by molar-refractivity contribution is -0.136. The van der Waals surface area contributed by atoms with Crippen LogP contribution in [0.15, 0.2) is 4.34 Å². The first kappa shape index (κ1) is 11.3. The van der Waals surface area contributed by atoms with Crippen molar-refractivity contribution in [2.24, 2.45) is 0 Å². The van der Waals surface area contributed by atoms with E-state index in [9.17, 15) is 4.79 Å². The van der Waals surface area contributed by atoms with Gasteiger partial charge in [-0.25, -0.2) is 4.98 Å². The van der Waals surface area contributed by atoms with E-state index in [2.05, 4.69) is 4.98 Å². The molecule has 7 heteroatoms. The van der Waals surface area contributed by atoms with Crippen molar-refractivity contribution >= 4 is 40.7 Å². The molecule has 0 aliphatic heterocycles. The third-order valence-electron chi connectivity index (χ3n) is 1.29. The van der Waals surface area contributed by atoms with Crippen molar-refractivity contribution in [1.82, 2.24) is 4.98 Å². The number of rotatable bonds is 3. The molecule has 0 bridgehead atoms. The maximum Gasteiger partial charge on any atom is 0.316 e. The molecule has 1 aromatic heterocycles. The molecular formula is C7H5ClN2O2S2. The number of aromatic nitrogens is 1. The number of hydrogen-bond acceptors (Lipinski definition) is 5. The van der Waals surface area contributed by atoms with E-state index in [0.29, 0.717) is 9.22 Å². The Balaban J connectivity index is 2.79. The van der Waals surface area contributed by atoms with Crippen LogP contribution in [-0.4, -0.2) is 21.3 Å². The molecular weight excluding hydrogens is 244 g/mol. The third-order valence-corrected chi connectivity index (χ3v) is 3.82. The summed E-state index contributed by atoms with van der Waals surface area (Å²) < 4.78 is 0.501. The van der Waals surface area contributed by atoms with Gasteiger partial charge in [0, 0.05) is 0 Å². The summed E-state index contributed by atoms with van der Waals surface area (Å²) in [4.78, 5) is 14.7. The Morgan fingerprint density at radius 1 is 1.86 bits per heavy atom. The summed E-state index contributed by atoms with van der Waals surface area (Å²) in [5.41, 5.74) is 0. The topological polar surface area (TPSA) is 74.0 Å². The number of thioether (sulfide) groups is 1. The Kier molecular flexibility index (Phi) is 3.75. The number of nitrogens with zero attached hydrogens (tertiary/aromatic N) is 2. The van der Waals surface area contributed by atoms with Crippen LogP contribution < -0.4 is 0 Å². The number of nitriles is 1. The largest absolute Gasteiger partial charge is 0.480 e. The molecule has 1 unspecified atom stereocenters. The average molecular weight is 249 g/mol. The number of aliphatic carboxylic acids is 1. The average Bonchev–Trinajstić information content (AvgIpc) is 2.45. The van der Waals surface area contributed by atoms with Gasteiger partial charge >= 0.3 is 5.97 Å². The predicted molar refractivity (Wildman–Crippen MR) is 54.8 cm³/mol. The first-order chi connectivity index (χ1) is 6.54. The van der Waals surface area contributed by atoms with Gasteiger partial charge in [0.05, 0.1) is 0 Å². The minimum absolute atomic E-state index is 0.137. The van der Waals surface area contributed by atoms with Crippen molar-refractivity contribution in [1.29, 1.82) is 5.26 Å². The number of thiazole rings is 1. The minimum Gasteiger partial charge on any atom is -0.480 e. The number of hydrogen-bond donors (Lipinski definition) is 1. The second-order valence-electron chi connectivity index (χ2n) is 2.31. The SMILES string of the molecule is CC(Sc1nc(Cl)c(C#N)s1)C(=O)O. The fourth-order valence-corrected chi connectivity index (χ4v) is 2.86. The Morgan fingerprint density at radius 2 is 2.50 bits per heavy atom. The molecule has 4 nitrogen and oxygen atoms in total. The van der Waals surface area contributed by atoms with Crippen molar-refractivity contribution in [3.63, 3.8) is 0 Å². The van der Waals surface area contributed by atoms with Gasteiger partial charge in [-0.15, -0.1) is 0 Å². The molecule has 74 valence electrons. The third kappa shape index (κ3) is 2.61. The van der Waals surface area contributed by atoms with Crippen molar-refractivity contribution in [3.8, 4) is 6.07 Å². The summed E-state index contributed by atoms with van der Waals surface area (Å²) in [5.74, 6) is -0.917. The first-order valence-electron chi connectivity index (χ1n) is 3.50. The highest BCUT2D eigenvalue weighted by Crippen LogP contribution is 2.31. The molecule has 1 heterocycles. The highest BCUT2D eigenvalue weighted by atomic mass is 35.5. The first-order valence-corrected chi connectivity index (χ1v) is 5.58. The van der Waals surface area contributed by atoms with E-state index in [4.69, 9.17) is 22.0 Å². The maximum atomic E-state index is 10.5. The molecule has 0 saturated heterocycles. The fraction of sp³-hybridized carbons (Fsp3) is 0.286. The molecule has 0 radical (unpaired) electrons. The van der Waals surface area contributed by atoms with Crippen LogP contribution in [0.4, 0.5) is 0 Å². The van der Waals surface area contributed by atoms with Gasteiger partial charge in [-0.05, 0) is 6.92 Å². The van der Waals surface area contributed by atoms with Crippen LogP contribution in [0.1, 0.15) is 11.8 Å². The van der Waals surface area contributed by atoms with E-state index in [1.807, 2.05) is 6.07 Å². The zero-order valence-corrected chi connectivity index (χ0v) is 9.41. The molecule has 1 rings (SSSR count). The molecule has 0 aliphatic carbocycles. The van der Waals surface area contributed by atoms with E-state index < -0.39 is 11.2 Å². The molecule has 1 aromatic rings. The molecule has 14 heavy (non-hydrogen) atoms. The number of carbonyl (C=O) groups is 1. The number of carboxylic acids is 1. The van der Waals surface area contributed by atoms with Crippen LogP contribution >= 0.6 is 34.7 Å². The Bertz CT molecular complexity index is 399. The molecule has 0 amide bonds. The zero-order chi connectivity index (χ0) is 10.7.